The molecule has 1 aromatic heterocycles. The monoisotopic (exact) mass is 298 g/mol. The van der Waals surface area contributed by atoms with Gasteiger partial charge in [0.1, 0.15) is 0 Å². The second-order valence-electron chi connectivity index (χ2n) is 4.60. The molecule has 0 spiro atoms. The summed E-state index contributed by atoms with van der Waals surface area (Å²) in [5, 5.41) is 9.17. The van der Waals surface area contributed by atoms with Crippen molar-refractivity contribution in [2.45, 2.75) is 0 Å². The molecule has 118 valence electrons. The Morgan fingerprint density at radius 1 is 1.29 bits per heavy atom. The topological polar surface area (TPSA) is 110 Å². The Balaban J connectivity index is 2.18. The van der Waals surface area contributed by atoms with Crippen LogP contribution in [0.1, 0.15) is 0 Å². The van der Waals surface area contributed by atoms with Gasteiger partial charge < -0.3 is 30.1 Å². The summed E-state index contributed by atoms with van der Waals surface area (Å²) in [6.07, 6.45) is 0. The van der Waals surface area contributed by atoms with E-state index in [1.807, 2.05) is 9.80 Å². The molecule has 0 radical (unpaired) electrons. The van der Waals surface area contributed by atoms with Crippen LogP contribution in [-0.4, -0.2) is 79.8 Å². The number of morpholine rings is 1. The molecule has 3 N–H and O–H groups in total. The fraction of sp³-hybridized carbons (Fsp3) is 0.750. The number of nitrogen functional groups attached to an aromatic ring is 1. The predicted molar refractivity (Wildman–Crippen MR) is 78.4 cm³/mol. The highest BCUT2D eigenvalue weighted by Gasteiger charge is 2.18. The minimum absolute atomic E-state index is 0.00217. The third-order valence-corrected chi connectivity index (χ3v) is 3.14. The molecule has 0 amide bonds. The molecular weight excluding hydrogens is 276 g/mol. The number of nitrogens with zero attached hydrogens (tertiary/aromatic N) is 5. The number of hydrogen-bond acceptors (Lipinski definition) is 9. The van der Waals surface area contributed by atoms with Crippen LogP contribution in [0.15, 0.2) is 0 Å². The molecule has 1 aliphatic heterocycles. The highest BCUT2D eigenvalue weighted by atomic mass is 16.5. The first kappa shape index (κ1) is 15.7. The van der Waals surface area contributed by atoms with Gasteiger partial charge in [-0.05, 0) is 0 Å². The number of aromatic nitrogens is 3. The van der Waals surface area contributed by atoms with E-state index in [0.717, 1.165) is 13.1 Å². The maximum atomic E-state index is 9.17. The van der Waals surface area contributed by atoms with E-state index >= 15 is 0 Å². The molecule has 0 aromatic carbocycles. The zero-order chi connectivity index (χ0) is 15.1. The third kappa shape index (κ3) is 4.38. The lowest BCUT2D eigenvalue weighted by Crippen LogP contribution is -2.38. The first-order chi connectivity index (χ1) is 10.2. The average Bonchev–Trinajstić information content (AvgIpc) is 2.51. The summed E-state index contributed by atoms with van der Waals surface area (Å²) in [6.45, 7) is 4.23. The van der Waals surface area contributed by atoms with Gasteiger partial charge in [-0.3, -0.25) is 0 Å². The molecule has 0 bridgehead atoms. The summed E-state index contributed by atoms with van der Waals surface area (Å²) in [6, 6.07) is 0. The van der Waals surface area contributed by atoms with Crippen molar-refractivity contribution in [1.29, 1.82) is 0 Å². The molecule has 1 aliphatic rings. The van der Waals surface area contributed by atoms with Crippen molar-refractivity contribution >= 4 is 17.8 Å². The van der Waals surface area contributed by atoms with Gasteiger partial charge in [-0.1, -0.05) is 0 Å². The van der Waals surface area contributed by atoms with Gasteiger partial charge >= 0.3 is 0 Å². The van der Waals surface area contributed by atoms with E-state index in [9.17, 15) is 5.11 Å². The van der Waals surface area contributed by atoms with Gasteiger partial charge in [0, 0.05) is 33.3 Å². The molecule has 9 heteroatoms. The van der Waals surface area contributed by atoms with Crippen LogP contribution in [0.25, 0.3) is 0 Å². The summed E-state index contributed by atoms with van der Waals surface area (Å²) in [5.74, 6) is 1.16. The fourth-order valence-electron chi connectivity index (χ4n) is 2.05. The minimum atomic E-state index is 0.00217. The fourth-order valence-corrected chi connectivity index (χ4v) is 2.05. The van der Waals surface area contributed by atoms with E-state index in [2.05, 4.69) is 15.0 Å². The molecular formula is C12H22N6O3. The van der Waals surface area contributed by atoms with Crippen molar-refractivity contribution in [1.82, 2.24) is 15.0 Å². The molecule has 0 unspecified atom stereocenters. The van der Waals surface area contributed by atoms with Gasteiger partial charge in [0.2, 0.25) is 17.8 Å². The SMILES string of the molecule is COCCN(CCO)c1nc(N)nc(N2CCOCC2)n1. The van der Waals surface area contributed by atoms with Crippen molar-refractivity contribution in [3.8, 4) is 0 Å². The van der Waals surface area contributed by atoms with Gasteiger partial charge in [-0.15, -0.1) is 0 Å². The van der Waals surface area contributed by atoms with Crippen LogP contribution < -0.4 is 15.5 Å². The predicted octanol–water partition coefficient (Wildman–Crippen LogP) is -1.26. The first-order valence-corrected chi connectivity index (χ1v) is 6.93. The third-order valence-electron chi connectivity index (χ3n) is 3.14. The first-order valence-electron chi connectivity index (χ1n) is 6.93. The number of aliphatic hydroxyl groups is 1. The molecule has 9 nitrogen and oxygen atoms in total. The Bertz CT molecular complexity index is 441. The van der Waals surface area contributed by atoms with Gasteiger partial charge in [-0.25, -0.2) is 0 Å². The second-order valence-corrected chi connectivity index (χ2v) is 4.60. The van der Waals surface area contributed by atoms with Crippen LogP contribution in [-0.2, 0) is 9.47 Å². The van der Waals surface area contributed by atoms with Crippen LogP contribution in [0.2, 0.25) is 0 Å². The van der Waals surface area contributed by atoms with Gasteiger partial charge in [0.25, 0.3) is 0 Å². The summed E-state index contributed by atoms with van der Waals surface area (Å²) >= 11 is 0. The maximum absolute atomic E-state index is 9.17. The standard InChI is InChI=1S/C12H22N6O3/c1-20-7-3-17(2-6-19)11-14-10(13)15-12(16-11)18-4-8-21-9-5-18/h19H,2-9H2,1H3,(H2,13,14,15,16). The number of nitrogens with two attached hydrogens (primary N) is 1. The lowest BCUT2D eigenvalue weighted by Gasteiger charge is -2.28. The number of anilines is 3. The Morgan fingerprint density at radius 2 is 2.05 bits per heavy atom. The van der Waals surface area contributed by atoms with Gasteiger partial charge in [0.15, 0.2) is 0 Å². The normalized spacial score (nSPS) is 15.2. The zero-order valence-corrected chi connectivity index (χ0v) is 12.2. The van der Waals surface area contributed by atoms with Crippen LogP contribution in [0.5, 0.6) is 0 Å². The van der Waals surface area contributed by atoms with E-state index in [1.165, 1.54) is 0 Å². The maximum Gasteiger partial charge on any atom is 0.232 e. The van der Waals surface area contributed by atoms with Crippen molar-refractivity contribution < 1.29 is 14.6 Å². The molecule has 0 saturated carbocycles. The summed E-state index contributed by atoms with van der Waals surface area (Å²) < 4.78 is 10.4. The smallest absolute Gasteiger partial charge is 0.232 e. The molecule has 2 heterocycles. The number of methoxy groups -OCH3 is 1. The zero-order valence-electron chi connectivity index (χ0n) is 12.2. The van der Waals surface area contributed by atoms with Crippen molar-refractivity contribution in [2.24, 2.45) is 0 Å². The summed E-state index contributed by atoms with van der Waals surface area (Å²) in [5.41, 5.74) is 5.79. The Labute approximate surface area is 123 Å². The van der Waals surface area contributed by atoms with Crippen LogP contribution in [0, 0.1) is 0 Å². The summed E-state index contributed by atoms with van der Waals surface area (Å²) in [4.78, 5) is 16.6. The van der Waals surface area contributed by atoms with E-state index in [4.69, 9.17) is 15.2 Å². The molecule has 21 heavy (non-hydrogen) atoms. The number of aliphatic hydroxyl groups excluding tert-OH is 1. The van der Waals surface area contributed by atoms with Gasteiger partial charge in [0.05, 0.1) is 26.4 Å². The molecule has 0 atom stereocenters. The Hall–Kier alpha value is -1.71. The largest absolute Gasteiger partial charge is 0.395 e. The highest BCUT2D eigenvalue weighted by Crippen LogP contribution is 2.16. The van der Waals surface area contributed by atoms with Crippen LogP contribution >= 0.6 is 0 Å². The van der Waals surface area contributed by atoms with Crippen LogP contribution in [0.3, 0.4) is 0 Å². The number of ether oxygens (including phenoxy) is 2. The Morgan fingerprint density at radius 3 is 2.71 bits per heavy atom. The van der Waals surface area contributed by atoms with Crippen molar-refractivity contribution in [2.75, 3.05) is 75.2 Å². The molecule has 1 fully saturated rings. The van der Waals surface area contributed by atoms with E-state index in [-0.39, 0.29) is 12.6 Å². The molecule has 0 aliphatic carbocycles. The van der Waals surface area contributed by atoms with E-state index < -0.39 is 0 Å². The molecule has 1 aromatic rings. The molecule has 1 saturated heterocycles. The lowest BCUT2D eigenvalue weighted by atomic mass is 10.4. The molecule has 2 rings (SSSR count). The van der Waals surface area contributed by atoms with E-state index in [0.29, 0.717) is 44.8 Å². The van der Waals surface area contributed by atoms with Crippen molar-refractivity contribution in [3.05, 3.63) is 0 Å². The number of rotatable bonds is 7. The van der Waals surface area contributed by atoms with Crippen molar-refractivity contribution in [3.63, 3.8) is 0 Å². The Kier molecular flexibility index (Phi) is 5.90. The lowest BCUT2D eigenvalue weighted by molar-refractivity contribution is 0.122. The van der Waals surface area contributed by atoms with E-state index in [1.54, 1.807) is 7.11 Å². The number of hydrogen-bond donors (Lipinski definition) is 2. The quantitative estimate of drug-likeness (QED) is 0.637. The van der Waals surface area contributed by atoms with Crippen LogP contribution in [0.4, 0.5) is 17.8 Å². The highest BCUT2D eigenvalue weighted by molar-refractivity contribution is 5.43. The average molecular weight is 298 g/mol. The minimum Gasteiger partial charge on any atom is -0.395 e. The second kappa shape index (κ2) is 7.91. The summed E-state index contributed by atoms with van der Waals surface area (Å²) in [7, 11) is 1.62. The van der Waals surface area contributed by atoms with Gasteiger partial charge in [-0.2, -0.15) is 15.0 Å².